The molecule has 0 bridgehead atoms. The zero-order valence-corrected chi connectivity index (χ0v) is 20.2. The van der Waals surface area contributed by atoms with Crippen molar-refractivity contribution in [3.8, 4) is 17.0 Å². The van der Waals surface area contributed by atoms with Gasteiger partial charge in [0.1, 0.15) is 11.6 Å². The van der Waals surface area contributed by atoms with Crippen molar-refractivity contribution in [3.05, 3.63) is 72.3 Å². The summed E-state index contributed by atoms with van der Waals surface area (Å²) in [6, 6.07) is 19.7. The molecule has 3 aromatic rings. The fourth-order valence-corrected chi connectivity index (χ4v) is 5.27. The van der Waals surface area contributed by atoms with Gasteiger partial charge in [-0.1, -0.05) is 49.6 Å². The summed E-state index contributed by atoms with van der Waals surface area (Å²) < 4.78 is 31.5. The molecule has 0 aliphatic heterocycles. The monoisotopic (exact) mass is 483 g/mol. The van der Waals surface area contributed by atoms with Gasteiger partial charge in [0.2, 0.25) is 15.9 Å². The number of aromatic nitrogens is 1. The van der Waals surface area contributed by atoms with Crippen LogP contribution < -0.4 is 14.8 Å². The lowest BCUT2D eigenvalue weighted by Gasteiger charge is -2.36. The van der Waals surface area contributed by atoms with Crippen LogP contribution in [0.2, 0.25) is 0 Å². The molecule has 4 rings (SSSR count). The van der Waals surface area contributed by atoms with Crippen molar-refractivity contribution in [3.63, 3.8) is 0 Å². The summed E-state index contributed by atoms with van der Waals surface area (Å²) in [6.45, 7) is 0. The summed E-state index contributed by atoms with van der Waals surface area (Å²) in [7, 11) is -0.501. The van der Waals surface area contributed by atoms with Gasteiger partial charge in [-0.15, -0.1) is 0 Å². The van der Waals surface area contributed by atoms with Crippen molar-refractivity contribution < 1.29 is 20.8 Å². The Hall–Kier alpha value is -3.23. The molecule has 8 heteroatoms. The number of nitrogens with zero attached hydrogens (tertiary/aromatic N) is 1. The first-order valence-electron chi connectivity index (χ1n) is 11.3. The molecule has 7 nitrogen and oxygen atoms in total. The number of carbonyl (C=O) groups is 1. The molecule has 1 saturated carbocycles. The van der Waals surface area contributed by atoms with E-state index in [0.29, 0.717) is 11.5 Å². The zero-order chi connectivity index (χ0) is 24.2. The minimum Gasteiger partial charge on any atom is -0.497 e. The number of nitrogens with one attached hydrogen (secondary N) is 2. The van der Waals surface area contributed by atoms with Crippen molar-refractivity contribution in [1.29, 1.82) is 0 Å². The highest BCUT2D eigenvalue weighted by atomic mass is 32.2. The number of sulfonamides is 1. The third-order valence-corrected chi connectivity index (χ3v) is 7.93. The average molecular weight is 484 g/mol. The van der Waals surface area contributed by atoms with E-state index in [0.717, 1.165) is 49.0 Å². The number of hydrogen-bond acceptors (Lipinski definition) is 5. The van der Waals surface area contributed by atoms with E-state index in [4.69, 9.17) is 4.74 Å². The van der Waals surface area contributed by atoms with Crippen LogP contribution in [0.1, 0.15) is 40.5 Å². The first-order valence-corrected chi connectivity index (χ1v) is 12.8. The Labute approximate surface area is 203 Å². The molecule has 34 heavy (non-hydrogen) atoms. The van der Waals surface area contributed by atoms with E-state index >= 15 is 0 Å². The maximum Gasteiger partial charge on any atom is 0.240 e. The number of methoxy groups -OCH3 is 1. The molecule has 0 spiro atoms. The molecule has 1 fully saturated rings. The summed E-state index contributed by atoms with van der Waals surface area (Å²) >= 11 is 0. The van der Waals surface area contributed by atoms with Gasteiger partial charge in [-0.3, -0.25) is 4.79 Å². The number of carbonyl (C=O) groups excluding carboxylic acids is 1. The number of hydrogen-bond donors (Lipinski definition) is 2. The summed E-state index contributed by atoms with van der Waals surface area (Å²) in [5, 5.41) is 3.05. The molecular weight excluding hydrogens is 450 g/mol. The molecular formula is C26H33N3O4S. The van der Waals surface area contributed by atoms with Gasteiger partial charge in [-0.05, 0) is 61.9 Å². The van der Waals surface area contributed by atoms with Crippen LogP contribution in [0.5, 0.6) is 5.75 Å². The van der Waals surface area contributed by atoms with Crippen molar-refractivity contribution in [2.24, 2.45) is 0 Å². The highest BCUT2D eigenvalue weighted by Gasteiger charge is 2.41. The van der Waals surface area contributed by atoms with Crippen LogP contribution in [0.4, 0.5) is 5.82 Å². The quantitative estimate of drug-likeness (QED) is 0.493. The molecule has 0 unspecified atom stereocenters. The number of rotatable bonds is 7. The summed E-state index contributed by atoms with van der Waals surface area (Å²) in [4.78, 5) is 18.4. The van der Waals surface area contributed by atoms with E-state index in [1.54, 1.807) is 25.3 Å². The van der Waals surface area contributed by atoms with Crippen LogP contribution in [0.15, 0.2) is 71.6 Å². The number of amides is 1. The molecule has 182 valence electrons. The highest BCUT2D eigenvalue weighted by molar-refractivity contribution is 7.89. The SMILES string of the molecule is CNS(=O)(=O)c1ccc(-c2cccc(NC(=O)C3(c4ccc(OC)cc4)CCCCC3)n2)cc1.[HH].[HH]. The number of benzene rings is 2. The second-order valence-electron chi connectivity index (χ2n) is 8.47. The third kappa shape index (κ3) is 4.83. The second kappa shape index (κ2) is 9.95. The Balaban J connectivity index is 0.00000228. The Bertz CT molecular complexity index is 1260. The van der Waals surface area contributed by atoms with E-state index < -0.39 is 15.4 Å². The van der Waals surface area contributed by atoms with Crippen LogP contribution in [0.3, 0.4) is 0 Å². The van der Waals surface area contributed by atoms with E-state index in [1.165, 1.54) is 19.2 Å². The van der Waals surface area contributed by atoms with Gasteiger partial charge in [0, 0.05) is 8.42 Å². The van der Waals surface area contributed by atoms with Crippen molar-refractivity contribution >= 4 is 21.7 Å². The van der Waals surface area contributed by atoms with Gasteiger partial charge in [0.25, 0.3) is 0 Å². The Morgan fingerprint density at radius 1 is 0.971 bits per heavy atom. The molecule has 2 N–H and O–H groups in total. The molecule has 1 aliphatic carbocycles. The van der Waals surface area contributed by atoms with Gasteiger partial charge in [-0.25, -0.2) is 18.1 Å². The first kappa shape index (κ1) is 23.9. The van der Waals surface area contributed by atoms with Crippen LogP contribution in [0, 0.1) is 0 Å². The molecule has 1 amide bonds. The Kier molecular flexibility index (Phi) is 7.00. The standard InChI is InChI=1S/C26H29N3O4S.2H2/c1-27-34(31,32)22-15-9-19(10-16-22)23-7-6-8-24(28-23)29-25(30)26(17-4-3-5-18-26)20-11-13-21(33-2)14-12-20;;/h6-16,27H,3-5,17-18H2,1-2H3,(H,28,29,30);2*1H. The predicted molar refractivity (Wildman–Crippen MR) is 137 cm³/mol. The second-order valence-corrected chi connectivity index (χ2v) is 10.4. The zero-order valence-electron chi connectivity index (χ0n) is 19.4. The molecule has 1 aromatic heterocycles. The van der Waals surface area contributed by atoms with E-state index in [1.807, 2.05) is 36.4 Å². The number of pyridine rings is 1. The van der Waals surface area contributed by atoms with Crippen LogP contribution >= 0.6 is 0 Å². The largest absolute Gasteiger partial charge is 0.497 e. The molecule has 0 saturated heterocycles. The fourth-order valence-electron chi connectivity index (χ4n) is 4.54. The van der Waals surface area contributed by atoms with Crippen LogP contribution in [0.25, 0.3) is 11.3 Å². The first-order chi connectivity index (χ1) is 16.4. The van der Waals surface area contributed by atoms with Crippen molar-refractivity contribution in [2.45, 2.75) is 42.4 Å². The average Bonchev–Trinajstić information content (AvgIpc) is 2.89. The topological polar surface area (TPSA) is 97.4 Å². The van der Waals surface area contributed by atoms with Gasteiger partial charge in [0.15, 0.2) is 0 Å². The maximum absolute atomic E-state index is 13.6. The van der Waals surface area contributed by atoms with Crippen LogP contribution in [-0.4, -0.2) is 33.5 Å². The lowest BCUT2D eigenvalue weighted by atomic mass is 9.68. The van der Waals surface area contributed by atoms with Gasteiger partial charge in [0.05, 0.1) is 23.1 Å². The Morgan fingerprint density at radius 3 is 2.26 bits per heavy atom. The van der Waals surface area contributed by atoms with E-state index in [9.17, 15) is 13.2 Å². The summed E-state index contributed by atoms with van der Waals surface area (Å²) in [5.41, 5.74) is 1.79. The molecule has 0 radical (unpaired) electrons. The van der Waals surface area contributed by atoms with Gasteiger partial charge < -0.3 is 10.1 Å². The fraction of sp³-hybridized carbons (Fsp3) is 0.308. The molecule has 2 aromatic carbocycles. The van der Waals surface area contributed by atoms with Crippen LogP contribution in [-0.2, 0) is 20.2 Å². The van der Waals surface area contributed by atoms with Crippen molar-refractivity contribution in [2.75, 3.05) is 19.5 Å². The minimum atomic E-state index is -3.51. The Morgan fingerprint density at radius 2 is 1.65 bits per heavy atom. The number of anilines is 1. The molecule has 1 aliphatic rings. The van der Waals surface area contributed by atoms with Gasteiger partial charge >= 0.3 is 0 Å². The molecule has 1 heterocycles. The van der Waals surface area contributed by atoms with E-state index in [2.05, 4.69) is 15.0 Å². The molecule has 0 atom stereocenters. The lowest BCUT2D eigenvalue weighted by Crippen LogP contribution is -2.42. The maximum atomic E-state index is 13.6. The van der Waals surface area contributed by atoms with Gasteiger partial charge in [-0.2, -0.15) is 0 Å². The van der Waals surface area contributed by atoms with E-state index in [-0.39, 0.29) is 13.7 Å². The minimum absolute atomic E-state index is 0. The predicted octanol–water partition coefficient (Wildman–Crippen LogP) is 5.00. The van der Waals surface area contributed by atoms with Crippen molar-refractivity contribution in [1.82, 2.24) is 9.71 Å². The summed E-state index contributed by atoms with van der Waals surface area (Å²) in [5.74, 6) is 1.17. The highest BCUT2D eigenvalue weighted by Crippen LogP contribution is 2.41. The third-order valence-electron chi connectivity index (χ3n) is 6.50. The normalized spacial score (nSPS) is 15.5. The lowest BCUT2D eigenvalue weighted by molar-refractivity contribution is -0.122. The summed E-state index contributed by atoms with van der Waals surface area (Å²) in [6.07, 6.45) is 4.68. The number of ether oxygens (including phenoxy) is 1. The smallest absolute Gasteiger partial charge is 0.240 e.